The Hall–Kier alpha value is -2.99. The summed E-state index contributed by atoms with van der Waals surface area (Å²) in [5.74, 6) is 2.50. The van der Waals surface area contributed by atoms with Crippen molar-refractivity contribution in [2.75, 3.05) is 47.5 Å². The van der Waals surface area contributed by atoms with E-state index < -0.39 is 0 Å². The lowest BCUT2D eigenvalue weighted by Gasteiger charge is -2.34. The molecule has 2 aromatic carbocycles. The summed E-state index contributed by atoms with van der Waals surface area (Å²) in [5.41, 5.74) is 3.38. The number of carbonyl (C=O) groups excluding carboxylic acids is 1. The summed E-state index contributed by atoms with van der Waals surface area (Å²) in [6.07, 6.45) is 3.57. The average molecular weight is 439 g/mol. The Kier molecular flexibility index (Phi) is 8.17. The second-order valence-electron chi connectivity index (χ2n) is 8.25. The number of piperazine rings is 1. The minimum absolute atomic E-state index is 0.0567. The van der Waals surface area contributed by atoms with Crippen LogP contribution in [0.4, 0.5) is 0 Å². The third-order valence-electron chi connectivity index (χ3n) is 5.89. The lowest BCUT2D eigenvalue weighted by Crippen LogP contribution is -2.47. The van der Waals surface area contributed by atoms with Gasteiger partial charge in [0.15, 0.2) is 11.5 Å². The molecular weight excluding hydrogens is 404 g/mol. The maximum Gasteiger partial charge on any atom is 0.246 e. The highest BCUT2D eigenvalue weighted by molar-refractivity contribution is 5.91. The van der Waals surface area contributed by atoms with Gasteiger partial charge in [-0.3, -0.25) is 9.69 Å². The van der Waals surface area contributed by atoms with E-state index in [2.05, 4.69) is 43.0 Å². The van der Waals surface area contributed by atoms with Gasteiger partial charge in [0.1, 0.15) is 0 Å². The van der Waals surface area contributed by atoms with Crippen LogP contribution in [0.25, 0.3) is 6.08 Å². The summed E-state index contributed by atoms with van der Waals surface area (Å²) in [6, 6.07) is 12.3. The number of hydrogen-bond donors (Lipinski definition) is 0. The fraction of sp³-hybridized carbons (Fsp3) is 0.423. The molecule has 2 aromatic rings. The number of methoxy groups -OCH3 is 3. The Labute approximate surface area is 191 Å². The first-order valence-electron chi connectivity index (χ1n) is 11.0. The van der Waals surface area contributed by atoms with E-state index in [1.807, 2.05) is 23.1 Å². The molecule has 6 heteroatoms. The van der Waals surface area contributed by atoms with Crippen LogP contribution in [0, 0.1) is 0 Å². The quantitative estimate of drug-likeness (QED) is 0.579. The fourth-order valence-corrected chi connectivity index (χ4v) is 3.92. The molecule has 0 bridgehead atoms. The topological polar surface area (TPSA) is 51.2 Å². The summed E-state index contributed by atoms with van der Waals surface area (Å²) >= 11 is 0. The summed E-state index contributed by atoms with van der Waals surface area (Å²) < 4.78 is 16.5. The molecule has 0 saturated carbocycles. The Morgan fingerprint density at radius 1 is 0.906 bits per heavy atom. The number of carbonyl (C=O) groups is 1. The molecule has 0 N–H and O–H groups in total. The van der Waals surface area contributed by atoms with Crippen LogP contribution in [0.15, 0.2) is 42.5 Å². The molecule has 172 valence electrons. The Morgan fingerprint density at radius 2 is 1.56 bits per heavy atom. The van der Waals surface area contributed by atoms with Crippen LogP contribution in [0.2, 0.25) is 0 Å². The van der Waals surface area contributed by atoms with Gasteiger partial charge in [-0.2, -0.15) is 0 Å². The highest BCUT2D eigenvalue weighted by atomic mass is 16.5. The van der Waals surface area contributed by atoms with Crippen LogP contribution in [-0.4, -0.2) is 63.2 Å². The summed E-state index contributed by atoms with van der Waals surface area (Å²) in [7, 11) is 4.86. The number of hydrogen-bond acceptors (Lipinski definition) is 5. The lowest BCUT2D eigenvalue weighted by molar-refractivity contribution is -0.127. The van der Waals surface area contributed by atoms with Crippen LogP contribution in [0.5, 0.6) is 17.2 Å². The van der Waals surface area contributed by atoms with Crippen molar-refractivity contribution in [3.63, 3.8) is 0 Å². The Morgan fingerprint density at radius 3 is 2.12 bits per heavy atom. The molecule has 1 fully saturated rings. The predicted octanol–water partition coefficient (Wildman–Crippen LogP) is 4.19. The van der Waals surface area contributed by atoms with Gasteiger partial charge in [-0.15, -0.1) is 0 Å². The molecule has 0 spiro atoms. The molecule has 1 heterocycles. The van der Waals surface area contributed by atoms with Crippen molar-refractivity contribution in [1.82, 2.24) is 9.80 Å². The first kappa shape index (κ1) is 23.7. The van der Waals surface area contributed by atoms with E-state index >= 15 is 0 Å². The monoisotopic (exact) mass is 438 g/mol. The van der Waals surface area contributed by atoms with Gasteiger partial charge in [-0.25, -0.2) is 0 Å². The van der Waals surface area contributed by atoms with Gasteiger partial charge < -0.3 is 19.1 Å². The first-order chi connectivity index (χ1) is 15.5. The van der Waals surface area contributed by atoms with Crippen LogP contribution < -0.4 is 14.2 Å². The number of ether oxygens (including phenoxy) is 3. The van der Waals surface area contributed by atoms with E-state index in [4.69, 9.17) is 14.2 Å². The minimum atomic E-state index is 0.0567. The molecule has 1 aliphatic rings. The molecule has 0 aliphatic carbocycles. The lowest BCUT2D eigenvalue weighted by atomic mass is 10.0. The van der Waals surface area contributed by atoms with Gasteiger partial charge >= 0.3 is 0 Å². The van der Waals surface area contributed by atoms with E-state index in [0.717, 1.165) is 30.8 Å². The van der Waals surface area contributed by atoms with Crippen molar-refractivity contribution in [2.24, 2.45) is 0 Å². The normalized spacial score (nSPS) is 14.8. The van der Waals surface area contributed by atoms with Crippen LogP contribution >= 0.6 is 0 Å². The van der Waals surface area contributed by atoms with E-state index in [1.165, 1.54) is 5.56 Å². The van der Waals surface area contributed by atoms with Crippen molar-refractivity contribution in [2.45, 2.75) is 26.3 Å². The highest BCUT2D eigenvalue weighted by Gasteiger charge is 2.22. The molecule has 3 rings (SSSR count). The molecule has 0 unspecified atom stereocenters. The van der Waals surface area contributed by atoms with Crippen molar-refractivity contribution < 1.29 is 19.0 Å². The van der Waals surface area contributed by atoms with Crippen LogP contribution in [0.1, 0.15) is 36.5 Å². The second kappa shape index (κ2) is 11.0. The molecule has 32 heavy (non-hydrogen) atoms. The second-order valence-corrected chi connectivity index (χ2v) is 8.25. The fourth-order valence-electron chi connectivity index (χ4n) is 3.92. The summed E-state index contributed by atoms with van der Waals surface area (Å²) in [6.45, 7) is 8.09. The van der Waals surface area contributed by atoms with E-state index in [9.17, 15) is 4.79 Å². The van der Waals surface area contributed by atoms with Gasteiger partial charge in [0.25, 0.3) is 0 Å². The summed E-state index contributed by atoms with van der Waals surface area (Å²) in [5, 5.41) is 0. The Bertz CT molecular complexity index is 930. The number of nitrogens with zero attached hydrogens (tertiary/aromatic N) is 2. The smallest absolute Gasteiger partial charge is 0.246 e. The van der Waals surface area contributed by atoms with E-state index in [1.54, 1.807) is 27.4 Å². The standard InChI is InChI=1S/C26H34N2O4/c1-19(2)21-9-6-20(7-10-21)8-13-24(29)28-16-14-27(15-17-28)18-22-11-12-23(30-3)26(32-5)25(22)31-4/h6-13,19H,14-18H2,1-5H3/b13-8+. The molecule has 1 aliphatic heterocycles. The van der Waals surface area contributed by atoms with Crippen molar-refractivity contribution in [1.29, 1.82) is 0 Å². The van der Waals surface area contributed by atoms with Gasteiger partial charge in [-0.1, -0.05) is 44.2 Å². The van der Waals surface area contributed by atoms with Gasteiger partial charge in [0, 0.05) is 44.4 Å². The SMILES string of the molecule is COc1ccc(CN2CCN(C(=O)/C=C/c3ccc(C(C)C)cc3)CC2)c(OC)c1OC. The van der Waals surface area contributed by atoms with Gasteiger partial charge in [0.2, 0.25) is 11.7 Å². The number of benzene rings is 2. The molecule has 0 atom stereocenters. The maximum absolute atomic E-state index is 12.6. The highest BCUT2D eigenvalue weighted by Crippen LogP contribution is 2.40. The number of rotatable bonds is 8. The molecule has 1 saturated heterocycles. The van der Waals surface area contributed by atoms with Crippen LogP contribution in [0.3, 0.4) is 0 Å². The van der Waals surface area contributed by atoms with Crippen molar-refractivity contribution in [3.05, 3.63) is 59.2 Å². The van der Waals surface area contributed by atoms with E-state index in [0.29, 0.717) is 36.3 Å². The first-order valence-corrected chi connectivity index (χ1v) is 11.0. The maximum atomic E-state index is 12.6. The van der Waals surface area contributed by atoms with Crippen molar-refractivity contribution in [3.8, 4) is 17.2 Å². The van der Waals surface area contributed by atoms with Crippen molar-refractivity contribution >= 4 is 12.0 Å². The third-order valence-corrected chi connectivity index (χ3v) is 5.89. The third kappa shape index (κ3) is 5.62. The van der Waals surface area contributed by atoms with E-state index in [-0.39, 0.29) is 5.91 Å². The minimum Gasteiger partial charge on any atom is -0.493 e. The molecule has 0 aromatic heterocycles. The van der Waals surface area contributed by atoms with Gasteiger partial charge in [-0.05, 0) is 29.2 Å². The van der Waals surface area contributed by atoms with Gasteiger partial charge in [0.05, 0.1) is 21.3 Å². The zero-order chi connectivity index (χ0) is 23.1. The molecule has 1 amide bonds. The zero-order valence-corrected chi connectivity index (χ0v) is 19.8. The molecule has 0 radical (unpaired) electrons. The Balaban J connectivity index is 1.56. The largest absolute Gasteiger partial charge is 0.493 e. The predicted molar refractivity (Wildman–Crippen MR) is 128 cm³/mol. The van der Waals surface area contributed by atoms with Crippen LogP contribution in [-0.2, 0) is 11.3 Å². The average Bonchev–Trinajstić information content (AvgIpc) is 2.82. The number of amides is 1. The molecule has 6 nitrogen and oxygen atoms in total. The zero-order valence-electron chi connectivity index (χ0n) is 19.8. The summed E-state index contributed by atoms with van der Waals surface area (Å²) in [4.78, 5) is 16.9. The molecular formula is C26H34N2O4.